The second-order valence-electron chi connectivity index (χ2n) is 5.14. The minimum Gasteiger partial charge on any atom is -0.505 e. The number of fused-ring (bicyclic) bond motifs is 1. The molecule has 0 radical (unpaired) electrons. The predicted molar refractivity (Wildman–Crippen MR) is 96.6 cm³/mol. The predicted octanol–water partition coefficient (Wildman–Crippen LogP) is 2.89. The molecular weight excluding hydrogens is 346 g/mol. The van der Waals surface area contributed by atoms with Gasteiger partial charge in [0.25, 0.3) is 11.0 Å². The summed E-state index contributed by atoms with van der Waals surface area (Å²) in [5, 5.41) is 15.7. The van der Waals surface area contributed by atoms with E-state index in [4.69, 9.17) is 11.6 Å². The molecule has 0 aliphatic heterocycles. The Morgan fingerprint density at radius 3 is 2.56 bits per heavy atom. The third-order valence-electron chi connectivity index (χ3n) is 3.42. The number of aromatic nitrogens is 1. The second-order valence-corrected chi connectivity index (χ2v) is 5.58. The number of amides is 2. The van der Waals surface area contributed by atoms with E-state index in [0.29, 0.717) is 10.7 Å². The Morgan fingerprint density at radius 1 is 1.04 bits per heavy atom. The number of aromatic amines is 1. The fraction of sp³-hybridized carbons (Fsp3) is 0. The minimum atomic E-state index is -1.06. The summed E-state index contributed by atoms with van der Waals surface area (Å²) in [6.45, 7) is 0. The summed E-state index contributed by atoms with van der Waals surface area (Å²) in [6, 6.07) is 11.9. The van der Waals surface area contributed by atoms with E-state index in [-0.39, 0.29) is 10.9 Å². The van der Waals surface area contributed by atoms with E-state index in [2.05, 4.69) is 15.6 Å². The number of carbonyl (C=O) groups is 1. The molecule has 0 bridgehead atoms. The molecular formula is C17H12ClN3O4. The van der Waals surface area contributed by atoms with Gasteiger partial charge < -0.3 is 20.7 Å². The van der Waals surface area contributed by atoms with Crippen molar-refractivity contribution >= 4 is 39.9 Å². The Hall–Kier alpha value is -3.32. The van der Waals surface area contributed by atoms with Gasteiger partial charge in [0.1, 0.15) is 5.69 Å². The third-order valence-corrected chi connectivity index (χ3v) is 3.66. The highest BCUT2D eigenvalue weighted by molar-refractivity contribution is 6.30. The Morgan fingerprint density at radius 2 is 1.80 bits per heavy atom. The average molecular weight is 358 g/mol. The van der Waals surface area contributed by atoms with Crippen molar-refractivity contribution in [3.05, 3.63) is 74.1 Å². The Labute approximate surface area is 145 Å². The molecule has 3 aromatic rings. The molecule has 2 amide bonds. The van der Waals surface area contributed by atoms with Crippen LogP contribution in [0.1, 0.15) is 0 Å². The van der Waals surface area contributed by atoms with Gasteiger partial charge in [0.15, 0.2) is 5.75 Å². The summed E-state index contributed by atoms with van der Waals surface area (Å²) in [4.78, 5) is 38.6. The normalized spacial score (nSPS) is 10.4. The van der Waals surface area contributed by atoms with Crippen LogP contribution in [0.5, 0.6) is 5.75 Å². The molecule has 7 nitrogen and oxygen atoms in total. The molecule has 2 aromatic carbocycles. The first kappa shape index (κ1) is 16.5. The smallest absolute Gasteiger partial charge is 0.323 e. The first-order chi connectivity index (χ1) is 12.0. The molecule has 25 heavy (non-hydrogen) atoms. The lowest BCUT2D eigenvalue weighted by atomic mass is 10.2. The molecule has 3 rings (SSSR count). The summed E-state index contributed by atoms with van der Waals surface area (Å²) in [6.07, 6.45) is 0. The van der Waals surface area contributed by atoms with Crippen molar-refractivity contribution in [2.45, 2.75) is 0 Å². The number of rotatable bonds is 2. The number of urea groups is 1. The Balaban J connectivity index is 2.02. The second kappa shape index (κ2) is 6.66. The van der Waals surface area contributed by atoms with Gasteiger partial charge in [-0.15, -0.1) is 0 Å². The highest BCUT2D eigenvalue weighted by Gasteiger charge is 2.15. The van der Waals surface area contributed by atoms with Gasteiger partial charge in [0, 0.05) is 16.1 Å². The Kier molecular flexibility index (Phi) is 4.40. The Bertz CT molecular complexity index is 1090. The van der Waals surface area contributed by atoms with Crippen LogP contribution in [0.4, 0.5) is 16.2 Å². The third kappa shape index (κ3) is 3.46. The molecule has 0 aliphatic rings. The molecule has 0 saturated heterocycles. The van der Waals surface area contributed by atoms with Crippen molar-refractivity contribution in [1.82, 2.24) is 4.98 Å². The molecule has 0 saturated carbocycles. The number of benzene rings is 2. The molecule has 1 aromatic heterocycles. The minimum absolute atomic E-state index is 0.222. The van der Waals surface area contributed by atoms with E-state index in [0.717, 1.165) is 0 Å². The first-order valence-electron chi connectivity index (χ1n) is 7.17. The SMILES string of the molecule is O=C(Nc1cccc(Cl)c1)Nc1c(O)c2ccccc2[nH]c(=O)c1=O. The van der Waals surface area contributed by atoms with Crippen LogP contribution in [0.25, 0.3) is 10.9 Å². The van der Waals surface area contributed by atoms with Crippen LogP contribution in [0.15, 0.2) is 58.1 Å². The van der Waals surface area contributed by atoms with Crippen LogP contribution in [-0.4, -0.2) is 16.1 Å². The topological polar surface area (TPSA) is 111 Å². The largest absolute Gasteiger partial charge is 0.505 e. The number of H-pyrrole nitrogens is 1. The molecule has 0 spiro atoms. The van der Waals surface area contributed by atoms with Crippen molar-refractivity contribution in [1.29, 1.82) is 0 Å². The molecule has 0 unspecified atom stereocenters. The van der Waals surface area contributed by atoms with Crippen molar-refractivity contribution in [2.75, 3.05) is 10.6 Å². The fourth-order valence-electron chi connectivity index (χ4n) is 2.29. The van der Waals surface area contributed by atoms with Crippen molar-refractivity contribution in [3.63, 3.8) is 0 Å². The number of nitrogens with one attached hydrogen (secondary N) is 3. The summed E-state index contributed by atoms with van der Waals surface area (Å²) in [5.74, 6) is -0.500. The number of aromatic hydroxyl groups is 1. The van der Waals surface area contributed by atoms with Crippen LogP contribution in [0.2, 0.25) is 5.02 Å². The lowest BCUT2D eigenvalue weighted by Crippen LogP contribution is -2.30. The average Bonchev–Trinajstić information content (AvgIpc) is 2.66. The lowest BCUT2D eigenvalue weighted by Gasteiger charge is -2.07. The number of halogens is 1. The molecule has 126 valence electrons. The maximum absolute atomic E-state index is 12.2. The number of hydrogen-bond donors (Lipinski definition) is 4. The van der Waals surface area contributed by atoms with Gasteiger partial charge in [0.05, 0.1) is 5.52 Å². The molecule has 4 N–H and O–H groups in total. The van der Waals surface area contributed by atoms with Gasteiger partial charge in [0.2, 0.25) is 0 Å². The quantitative estimate of drug-likeness (QED) is 0.528. The standard InChI is InChI=1S/C17H12ClN3O4/c18-9-4-3-5-10(8-9)19-17(25)21-13-14(22)11-6-1-2-7-12(11)20-16(24)15(13)23/h1-8H,(H4,19,20,21,22,23,24,25). The van der Waals surface area contributed by atoms with Crippen molar-refractivity contribution in [2.24, 2.45) is 0 Å². The molecule has 0 atom stereocenters. The van der Waals surface area contributed by atoms with Gasteiger partial charge in [-0.25, -0.2) is 4.79 Å². The summed E-state index contributed by atoms with van der Waals surface area (Å²) >= 11 is 5.84. The van der Waals surface area contributed by atoms with Gasteiger partial charge in [-0.3, -0.25) is 9.59 Å². The molecule has 1 heterocycles. The van der Waals surface area contributed by atoms with Gasteiger partial charge in [-0.05, 0) is 30.3 Å². The van der Waals surface area contributed by atoms with E-state index in [1.807, 2.05) is 0 Å². The molecule has 8 heteroatoms. The van der Waals surface area contributed by atoms with Crippen LogP contribution < -0.4 is 21.6 Å². The highest BCUT2D eigenvalue weighted by Crippen LogP contribution is 2.26. The molecule has 0 fully saturated rings. The van der Waals surface area contributed by atoms with Crippen molar-refractivity contribution < 1.29 is 9.90 Å². The number of hydrogen-bond acceptors (Lipinski definition) is 4. The maximum Gasteiger partial charge on any atom is 0.323 e. The highest BCUT2D eigenvalue weighted by atomic mass is 35.5. The van der Waals surface area contributed by atoms with Crippen LogP contribution in [0.3, 0.4) is 0 Å². The number of para-hydroxylation sites is 1. The molecule has 0 aliphatic carbocycles. The summed E-state index contributed by atoms with van der Waals surface area (Å²) < 4.78 is 0. The lowest BCUT2D eigenvalue weighted by molar-refractivity contribution is 0.262. The summed E-state index contributed by atoms with van der Waals surface area (Å²) in [5.41, 5.74) is -1.88. The zero-order valence-corrected chi connectivity index (χ0v) is 13.4. The first-order valence-corrected chi connectivity index (χ1v) is 7.55. The zero-order chi connectivity index (χ0) is 18.0. The van der Waals surface area contributed by atoms with Crippen LogP contribution in [0, 0.1) is 0 Å². The van der Waals surface area contributed by atoms with E-state index >= 15 is 0 Å². The van der Waals surface area contributed by atoms with E-state index in [1.165, 1.54) is 18.2 Å². The van der Waals surface area contributed by atoms with Gasteiger partial charge in [-0.2, -0.15) is 0 Å². The van der Waals surface area contributed by atoms with Crippen LogP contribution >= 0.6 is 11.6 Å². The van der Waals surface area contributed by atoms with E-state index in [1.54, 1.807) is 30.3 Å². The number of carbonyl (C=O) groups excluding carboxylic acids is 1. The van der Waals surface area contributed by atoms with Gasteiger partial charge in [-0.1, -0.05) is 29.8 Å². The summed E-state index contributed by atoms with van der Waals surface area (Å²) in [7, 11) is 0. The zero-order valence-electron chi connectivity index (χ0n) is 12.7. The monoisotopic (exact) mass is 357 g/mol. The van der Waals surface area contributed by atoms with Crippen LogP contribution in [-0.2, 0) is 0 Å². The van der Waals surface area contributed by atoms with Gasteiger partial charge >= 0.3 is 6.03 Å². The van der Waals surface area contributed by atoms with Crippen molar-refractivity contribution in [3.8, 4) is 5.75 Å². The fourth-order valence-corrected chi connectivity index (χ4v) is 2.48. The van der Waals surface area contributed by atoms with E-state index in [9.17, 15) is 19.5 Å². The maximum atomic E-state index is 12.2. The van der Waals surface area contributed by atoms with E-state index < -0.39 is 28.5 Å². The number of anilines is 2.